The Morgan fingerprint density at radius 2 is 1.77 bits per heavy atom. The third-order valence-electron chi connectivity index (χ3n) is 4.03. The van der Waals surface area contributed by atoms with E-state index >= 15 is 0 Å². The Labute approximate surface area is 151 Å². The van der Waals surface area contributed by atoms with Crippen LogP contribution >= 0.6 is 0 Å². The minimum Gasteiger partial charge on any atom is -0.465 e. The van der Waals surface area contributed by atoms with Crippen LogP contribution in [0.15, 0.2) is 67.0 Å². The third kappa shape index (κ3) is 4.16. The number of nitrogens with one attached hydrogen (secondary N) is 2. The van der Waals surface area contributed by atoms with E-state index in [0.717, 1.165) is 11.4 Å². The Kier molecular flexibility index (Phi) is 5.43. The van der Waals surface area contributed by atoms with E-state index in [2.05, 4.69) is 20.0 Å². The number of hydrogen-bond acceptors (Lipinski definition) is 4. The molecule has 0 aliphatic heterocycles. The Balaban J connectivity index is 1.77. The van der Waals surface area contributed by atoms with Gasteiger partial charge in [-0.05, 0) is 29.8 Å². The van der Waals surface area contributed by atoms with Gasteiger partial charge in [0.05, 0.1) is 18.7 Å². The molecule has 0 saturated carbocycles. The second kappa shape index (κ2) is 8.11. The average molecular weight is 349 g/mol. The molecule has 132 valence electrons. The second-order valence-electron chi connectivity index (χ2n) is 5.75. The molecule has 3 rings (SSSR count). The lowest BCUT2D eigenvalue weighted by molar-refractivity contribution is 0.0600. The minimum atomic E-state index is -0.433. The van der Waals surface area contributed by atoms with Crippen molar-refractivity contribution in [1.29, 1.82) is 0 Å². The molecule has 1 amide bonds. The van der Waals surface area contributed by atoms with Gasteiger partial charge in [0.25, 0.3) is 5.91 Å². The second-order valence-corrected chi connectivity index (χ2v) is 5.75. The Morgan fingerprint density at radius 3 is 2.38 bits per heavy atom. The van der Waals surface area contributed by atoms with Gasteiger partial charge in [0.1, 0.15) is 5.82 Å². The molecule has 2 aromatic carbocycles. The van der Waals surface area contributed by atoms with E-state index in [1.54, 1.807) is 36.7 Å². The largest absolute Gasteiger partial charge is 0.465 e. The maximum atomic E-state index is 12.6. The first-order valence-corrected chi connectivity index (χ1v) is 8.20. The highest BCUT2D eigenvalue weighted by Crippen LogP contribution is 2.18. The van der Waals surface area contributed by atoms with E-state index in [4.69, 9.17) is 0 Å². The van der Waals surface area contributed by atoms with Crippen LogP contribution in [0.1, 0.15) is 38.1 Å². The number of aromatic amines is 1. The first-order chi connectivity index (χ1) is 12.7. The molecule has 0 spiro atoms. The van der Waals surface area contributed by atoms with E-state index in [1.807, 2.05) is 30.3 Å². The molecule has 0 aliphatic carbocycles. The van der Waals surface area contributed by atoms with Crippen LogP contribution in [-0.2, 0) is 11.2 Å². The number of nitrogens with zero attached hydrogens (tertiary/aromatic N) is 1. The smallest absolute Gasteiger partial charge is 0.337 e. The van der Waals surface area contributed by atoms with Crippen molar-refractivity contribution in [2.24, 2.45) is 0 Å². The van der Waals surface area contributed by atoms with E-state index in [9.17, 15) is 9.59 Å². The number of amides is 1. The lowest BCUT2D eigenvalue weighted by Crippen LogP contribution is -2.30. The van der Waals surface area contributed by atoms with Crippen LogP contribution in [0.5, 0.6) is 0 Å². The fourth-order valence-corrected chi connectivity index (χ4v) is 2.66. The maximum Gasteiger partial charge on any atom is 0.337 e. The zero-order valence-corrected chi connectivity index (χ0v) is 14.3. The van der Waals surface area contributed by atoms with Crippen molar-refractivity contribution < 1.29 is 14.3 Å². The molecule has 0 bridgehead atoms. The molecule has 0 radical (unpaired) electrons. The minimum absolute atomic E-state index is 0.221. The number of methoxy groups -OCH3 is 1. The van der Waals surface area contributed by atoms with Gasteiger partial charge >= 0.3 is 5.97 Å². The van der Waals surface area contributed by atoms with Crippen LogP contribution in [0.2, 0.25) is 0 Å². The first kappa shape index (κ1) is 17.4. The van der Waals surface area contributed by atoms with E-state index in [0.29, 0.717) is 17.5 Å². The number of esters is 1. The van der Waals surface area contributed by atoms with Crippen LogP contribution in [0.3, 0.4) is 0 Å². The molecule has 0 unspecified atom stereocenters. The van der Waals surface area contributed by atoms with Gasteiger partial charge in [0, 0.05) is 24.4 Å². The molecule has 2 N–H and O–H groups in total. The summed E-state index contributed by atoms with van der Waals surface area (Å²) in [7, 11) is 1.32. The molecule has 6 nitrogen and oxygen atoms in total. The summed E-state index contributed by atoms with van der Waals surface area (Å²) >= 11 is 0. The number of carbonyl (C=O) groups excluding carboxylic acids is 2. The molecule has 0 saturated heterocycles. The summed E-state index contributed by atoms with van der Waals surface area (Å²) in [5.74, 6) is 0.138. The van der Waals surface area contributed by atoms with Crippen LogP contribution in [-0.4, -0.2) is 29.0 Å². The summed E-state index contributed by atoms with van der Waals surface area (Å²) in [4.78, 5) is 31.5. The van der Waals surface area contributed by atoms with E-state index < -0.39 is 5.97 Å². The van der Waals surface area contributed by atoms with Crippen LogP contribution in [0, 0.1) is 0 Å². The van der Waals surface area contributed by atoms with Crippen molar-refractivity contribution in [2.45, 2.75) is 12.5 Å². The third-order valence-corrected chi connectivity index (χ3v) is 4.03. The molecular weight excluding hydrogens is 330 g/mol. The first-order valence-electron chi connectivity index (χ1n) is 8.20. The van der Waals surface area contributed by atoms with Crippen LogP contribution < -0.4 is 5.32 Å². The Morgan fingerprint density at radius 1 is 1.08 bits per heavy atom. The fourth-order valence-electron chi connectivity index (χ4n) is 2.66. The Bertz CT molecular complexity index is 859. The van der Waals surface area contributed by atoms with E-state index in [1.165, 1.54) is 7.11 Å². The summed E-state index contributed by atoms with van der Waals surface area (Å²) in [6.45, 7) is 0. The quantitative estimate of drug-likeness (QED) is 0.670. The SMILES string of the molecule is COC(=O)c1ccc(C(=O)N[C@H](Cc2ncc[nH]2)c2ccccc2)cc1. The Hall–Kier alpha value is -3.41. The highest BCUT2D eigenvalue weighted by Gasteiger charge is 2.18. The molecule has 0 aliphatic rings. The monoisotopic (exact) mass is 349 g/mol. The number of H-pyrrole nitrogens is 1. The van der Waals surface area contributed by atoms with Gasteiger partial charge in [-0.15, -0.1) is 0 Å². The number of aromatic nitrogens is 2. The summed E-state index contributed by atoms with van der Waals surface area (Å²) in [5, 5.41) is 3.04. The molecule has 1 heterocycles. The topological polar surface area (TPSA) is 84.1 Å². The molecular formula is C20H19N3O3. The predicted octanol–water partition coefficient (Wildman–Crippen LogP) is 2.91. The lowest BCUT2D eigenvalue weighted by atomic mass is 10.0. The van der Waals surface area contributed by atoms with Crippen molar-refractivity contribution in [3.05, 3.63) is 89.5 Å². The van der Waals surface area contributed by atoms with Gasteiger partial charge in [-0.25, -0.2) is 9.78 Å². The van der Waals surface area contributed by atoms with Crippen molar-refractivity contribution in [1.82, 2.24) is 15.3 Å². The number of ether oxygens (including phenoxy) is 1. The van der Waals surface area contributed by atoms with Gasteiger partial charge in [-0.3, -0.25) is 4.79 Å². The van der Waals surface area contributed by atoms with Gasteiger partial charge in [-0.2, -0.15) is 0 Å². The summed E-state index contributed by atoms with van der Waals surface area (Å²) < 4.78 is 4.67. The lowest BCUT2D eigenvalue weighted by Gasteiger charge is -2.18. The van der Waals surface area contributed by atoms with E-state index in [-0.39, 0.29) is 11.9 Å². The fraction of sp³-hybridized carbons (Fsp3) is 0.150. The molecule has 0 fully saturated rings. The van der Waals surface area contributed by atoms with Crippen molar-refractivity contribution in [2.75, 3.05) is 7.11 Å². The summed E-state index contributed by atoms with van der Waals surface area (Å²) in [6.07, 6.45) is 3.98. The van der Waals surface area contributed by atoms with Crippen molar-refractivity contribution in [3.8, 4) is 0 Å². The average Bonchev–Trinajstić information content (AvgIpc) is 3.20. The van der Waals surface area contributed by atoms with Gasteiger partial charge in [-0.1, -0.05) is 30.3 Å². The predicted molar refractivity (Wildman–Crippen MR) is 96.7 cm³/mol. The zero-order chi connectivity index (χ0) is 18.4. The number of hydrogen-bond donors (Lipinski definition) is 2. The zero-order valence-electron chi connectivity index (χ0n) is 14.3. The van der Waals surface area contributed by atoms with Crippen molar-refractivity contribution >= 4 is 11.9 Å². The molecule has 1 aromatic heterocycles. The molecule has 6 heteroatoms. The number of imidazole rings is 1. The number of carbonyl (C=O) groups is 2. The standard InChI is InChI=1S/C20H19N3O3/c1-26-20(25)16-9-7-15(8-10-16)19(24)23-17(13-18-21-11-12-22-18)14-5-3-2-4-6-14/h2-12,17H,13H2,1H3,(H,21,22)(H,23,24)/t17-/m1/s1. The van der Waals surface area contributed by atoms with Gasteiger partial charge < -0.3 is 15.0 Å². The summed E-state index contributed by atoms with van der Waals surface area (Å²) in [6, 6.07) is 15.9. The number of benzene rings is 2. The highest BCUT2D eigenvalue weighted by atomic mass is 16.5. The van der Waals surface area contributed by atoms with Gasteiger partial charge in [0.2, 0.25) is 0 Å². The molecule has 26 heavy (non-hydrogen) atoms. The molecule has 1 atom stereocenters. The van der Waals surface area contributed by atoms with Crippen LogP contribution in [0.25, 0.3) is 0 Å². The van der Waals surface area contributed by atoms with Gasteiger partial charge in [0.15, 0.2) is 0 Å². The van der Waals surface area contributed by atoms with Crippen LogP contribution in [0.4, 0.5) is 0 Å². The molecule has 3 aromatic rings. The summed E-state index contributed by atoms with van der Waals surface area (Å²) in [5.41, 5.74) is 1.86. The highest BCUT2D eigenvalue weighted by molar-refractivity contribution is 5.96. The van der Waals surface area contributed by atoms with Crippen molar-refractivity contribution in [3.63, 3.8) is 0 Å². The normalized spacial score (nSPS) is 11.6. The maximum absolute atomic E-state index is 12.6. The number of rotatable bonds is 6.